The molecule has 2 aromatic rings. The van der Waals surface area contributed by atoms with Gasteiger partial charge in [0.2, 0.25) is 0 Å². The van der Waals surface area contributed by atoms with E-state index < -0.39 is 15.8 Å². The molecule has 1 aromatic carbocycles. The highest BCUT2D eigenvalue weighted by molar-refractivity contribution is 7.92. The van der Waals surface area contributed by atoms with Gasteiger partial charge in [-0.1, -0.05) is 11.6 Å². The minimum absolute atomic E-state index is 0.0733. The molecular weight excluding hydrogens is 305 g/mol. The number of hydrogen-bond donors (Lipinski definition) is 2. The van der Waals surface area contributed by atoms with E-state index in [9.17, 15) is 12.8 Å². The van der Waals surface area contributed by atoms with E-state index in [1.807, 2.05) is 0 Å². The molecule has 0 unspecified atom stereocenters. The molecule has 0 aliphatic rings. The molecule has 2 N–H and O–H groups in total. The summed E-state index contributed by atoms with van der Waals surface area (Å²) in [7, 11) is -2.25. The Morgan fingerprint density at radius 3 is 2.60 bits per heavy atom. The van der Waals surface area contributed by atoms with E-state index in [-0.39, 0.29) is 15.6 Å². The maximum atomic E-state index is 13.5. The van der Waals surface area contributed by atoms with Crippen molar-refractivity contribution in [3.8, 4) is 0 Å². The molecule has 0 saturated carbocycles. The molecule has 0 spiro atoms. The Balaban J connectivity index is 2.32. The molecule has 0 amide bonds. The summed E-state index contributed by atoms with van der Waals surface area (Å²) in [6.07, 6.45) is 1.18. The van der Waals surface area contributed by atoms with Crippen molar-refractivity contribution in [2.24, 2.45) is 0 Å². The van der Waals surface area contributed by atoms with Gasteiger partial charge in [0.1, 0.15) is 16.5 Å². The fourth-order valence-corrected chi connectivity index (χ4v) is 2.64. The summed E-state index contributed by atoms with van der Waals surface area (Å²) in [6, 6.07) is 6.48. The second-order valence-corrected chi connectivity index (χ2v) is 5.98. The van der Waals surface area contributed by atoms with Crippen LogP contribution in [0.1, 0.15) is 0 Å². The van der Waals surface area contributed by atoms with Crippen LogP contribution < -0.4 is 10.0 Å². The first-order chi connectivity index (χ1) is 9.42. The first-order valence-corrected chi connectivity index (χ1v) is 7.40. The zero-order valence-electron chi connectivity index (χ0n) is 10.4. The highest BCUT2D eigenvalue weighted by atomic mass is 35.5. The molecule has 0 aliphatic heterocycles. The largest absolute Gasteiger partial charge is 0.373 e. The molecule has 1 heterocycles. The number of hydrogen-bond acceptors (Lipinski definition) is 4. The van der Waals surface area contributed by atoms with Crippen molar-refractivity contribution in [3.63, 3.8) is 0 Å². The number of pyridine rings is 1. The lowest BCUT2D eigenvalue weighted by molar-refractivity contribution is 0.598. The lowest BCUT2D eigenvalue weighted by Crippen LogP contribution is -2.14. The Morgan fingerprint density at radius 1 is 1.25 bits per heavy atom. The fraction of sp³-hybridized carbons (Fsp3) is 0.0833. The van der Waals surface area contributed by atoms with Crippen LogP contribution in [0.3, 0.4) is 0 Å². The van der Waals surface area contributed by atoms with Gasteiger partial charge < -0.3 is 5.32 Å². The van der Waals surface area contributed by atoms with Crippen molar-refractivity contribution in [1.29, 1.82) is 0 Å². The van der Waals surface area contributed by atoms with Crippen LogP contribution in [-0.2, 0) is 10.0 Å². The molecule has 0 bridgehead atoms. The summed E-state index contributed by atoms with van der Waals surface area (Å²) in [6.45, 7) is 0. The lowest BCUT2D eigenvalue weighted by atomic mass is 10.3. The van der Waals surface area contributed by atoms with Gasteiger partial charge in [-0.25, -0.2) is 17.8 Å². The van der Waals surface area contributed by atoms with E-state index in [2.05, 4.69) is 15.0 Å². The van der Waals surface area contributed by atoms with Crippen LogP contribution in [0.5, 0.6) is 0 Å². The number of anilines is 2. The normalized spacial score (nSPS) is 11.2. The number of sulfonamides is 1. The molecule has 0 saturated heterocycles. The minimum atomic E-state index is -3.92. The molecule has 5 nitrogen and oxygen atoms in total. The third-order valence-corrected chi connectivity index (χ3v) is 4.06. The summed E-state index contributed by atoms with van der Waals surface area (Å²) in [5, 5.41) is 3.00. The fourth-order valence-electron chi connectivity index (χ4n) is 1.47. The van der Waals surface area contributed by atoms with Crippen LogP contribution in [0.2, 0.25) is 5.02 Å². The first-order valence-electron chi connectivity index (χ1n) is 5.54. The molecule has 0 fully saturated rings. The average molecular weight is 316 g/mol. The predicted molar refractivity (Wildman–Crippen MR) is 76.0 cm³/mol. The Morgan fingerprint density at radius 2 is 2.00 bits per heavy atom. The van der Waals surface area contributed by atoms with Gasteiger partial charge in [0, 0.05) is 18.3 Å². The monoisotopic (exact) mass is 315 g/mol. The van der Waals surface area contributed by atoms with Gasteiger partial charge in [-0.3, -0.25) is 4.72 Å². The predicted octanol–water partition coefficient (Wildman–Crippen LogP) is 2.72. The summed E-state index contributed by atoms with van der Waals surface area (Å²) < 4.78 is 39.8. The molecule has 0 atom stereocenters. The Labute approximate surface area is 120 Å². The highest BCUT2D eigenvalue weighted by Gasteiger charge is 2.17. The summed E-state index contributed by atoms with van der Waals surface area (Å²) >= 11 is 5.71. The van der Waals surface area contributed by atoms with Crippen molar-refractivity contribution in [3.05, 3.63) is 47.4 Å². The Kier molecular flexibility index (Phi) is 4.10. The van der Waals surface area contributed by atoms with Gasteiger partial charge in [0.05, 0.1) is 5.69 Å². The van der Waals surface area contributed by atoms with Crippen LogP contribution >= 0.6 is 11.6 Å². The van der Waals surface area contributed by atoms with Gasteiger partial charge in [-0.05, 0) is 30.3 Å². The van der Waals surface area contributed by atoms with Crippen molar-refractivity contribution >= 4 is 33.1 Å². The molecule has 20 heavy (non-hydrogen) atoms. The molecule has 8 heteroatoms. The third kappa shape index (κ3) is 3.17. The average Bonchev–Trinajstić information content (AvgIpc) is 2.43. The van der Waals surface area contributed by atoms with Crippen molar-refractivity contribution in [1.82, 2.24) is 4.98 Å². The van der Waals surface area contributed by atoms with Crippen molar-refractivity contribution in [2.75, 3.05) is 17.1 Å². The standard InChI is InChI=1S/C12H11ClFN3O2S/c1-15-12-5-3-9(7-16-12)20(18,19)17-11-6-8(13)2-4-10(11)14/h2-7,17H,1H3,(H,15,16). The van der Waals surface area contributed by atoms with E-state index in [0.717, 1.165) is 6.07 Å². The maximum Gasteiger partial charge on any atom is 0.263 e. The third-order valence-electron chi connectivity index (χ3n) is 2.48. The van der Waals surface area contributed by atoms with Crippen LogP contribution in [0, 0.1) is 5.82 Å². The smallest absolute Gasteiger partial charge is 0.263 e. The van der Waals surface area contributed by atoms with E-state index in [1.54, 1.807) is 7.05 Å². The first kappa shape index (κ1) is 14.5. The van der Waals surface area contributed by atoms with E-state index in [1.165, 1.54) is 30.5 Å². The molecule has 2 rings (SSSR count). The zero-order valence-corrected chi connectivity index (χ0v) is 12.0. The van der Waals surface area contributed by atoms with Gasteiger partial charge in [-0.15, -0.1) is 0 Å². The lowest BCUT2D eigenvalue weighted by Gasteiger charge is -2.09. The van der Waals surface area contributed by atoms with Gasteiger partial charge in [0.25, 0.3) is 10.0 Å². The zero-order chi connectivity index (χ0) is 14.8. The van der Waals surface area contributed by atoms with Crippen LogP contribution in [0.4, 0.5) is 15.9 Å². The molecule has 0 aliphatic carbocycles. The molecule has 1 aromatic heterocycles. The summed E-state index contributed by atoms with van der Waals surface area (Å²) in [5.41, 5.74) is -0.213. The van der Waals surface area contributed by atoms with E-state index >= 15 is 0 Å². The molecule has 0 radical (unpaired) electrons. The molecule has 106 valence electrons. The number of aromatic nitrogens is 1. The number of rotatable bonds is 4. The van der Waals surface area contributed by atoms with Gasteiger partial charge >= 0.3 is 0 Å². The van der Waals surface area contributed by atoms with Gasteiger partial charge in [0.15, 0.2) is 0 Å². The van der Waals surface area contributed by atoms with Crippen LogP contribution in [-0.4, -0.2) is 20.4 Å². The van der Waals surface area contributed by atoms with Gasteiger partial charge in [-0.2, -0.15) is 0 Å². The van der Waals surface area contributed by atoms with E-state index in [4.69, 9.17) is 11.6 Å². The number of nitrogens with zero attached hydrogens (tertiary/aromatic N) is 1. The minimum Gasteiger partial charge on any atom is -0.373 e. The highest BCUT2D eigenvalue weighted by Crippen LogP contribution is 2.22. The van der Waals surface area contributed by atoms with Crippen molar-refractivity contribution in [2.45, 2.75) is 4.90 Å². The molecular formula is C12H11ClFN3O2S. The van der Waals surface area contributed by atoms with Crippen LogP contribution in [0.15, 0.2) is 41.4 Å². The second kappa shape index (κ2) is 5.64. The number of halogens is 2. The number of nitrogens with one attached hydrogen (secondary N) is 2. The van der Waals surface area contributed by atoms with E-state index in [0.29, 0.717) is 5.82 Å². The quantitative estimate of drug-likeness (QED) is 0.910. The Bertz CT molecular complexity index is 720. The van der Waals surface area contributed by atoms with Crippen LogP contribution in [0.25, 0.3) is 0 Å². The number of benzene rings is 1. The second-order valence-electron chi connectivity index (χ2n) is 3.86. The SMILES string of the molecule is CNc1ccc(S(=O)(=O)Nc2cc(Cl)ccc2F)cn1. The van der Waals surface area contributed by atoms with Crippen molar-refractivity contribution < 1.29 is 12.8 Å². The summed E-state index contributed by atoms with van der Waals surface area (Å²) in [5.74, 6) is -0.185. The maximum absolute atomic E-state index is 13.5. The topological polar surface area (TPSA) is 71.1 Å². The Hall–Kier alpha value is -1.86. The summed E-state index contributed by atoms with van der Waals surface area (Å²) in [4.78, 5) is 3.82.